The average molecular weight is 240 g/mol. The third kappa shape index (κ3) is 3.70. The molecular weight excluding hydrogens is 216 g/mol. The van der Waals surface area contributed by atoms with E-state index in [9.17, 15) is 0 Å². The first-order chi connectivity index (χ1) is 7.33. The highest BCUT2D eigenvalue weighted by atomic mass is 28.4. The van der Waals surface area contributed by atoms with Crippen molar-refractivity contribution >= 4 is 8.32 Å². The van der Waals surface area contributed by atoms with E-state index < -0.39 is 8.32 Å². The maximum atomic E-state index is 6.21. The summed E-state index contributed by atoms with van der Waals surface area (Å²) in [6.07, 6.45) is 7.97. The van der Waals surface area contributed by atoms with Gasteiger partial charge in [0.25, 0.3) is 0 Å². The molecule has 0 radical (unpaired) electrons. The summed E-state index contributed by atoms with van der Waals surface area (Å²) in [4.78, 5) is 0. The highest BCUT2D eigenvalue weighted by Crippen LogP contribution is 2.38. The Balaban J connectivity index is 2.72. The standard InChI is InChI=1S/C13H24O2Si/c1-13(2,3)16(4,5)15-12-8-6-7-10-14-11-9-12/h8-9,11H,6-7,10H2,1-5H3/b11-9-,12-8+. The molecule has 0 atom stereocenters. The van der Waals surface area contributed by atoms with Crippen LogP contribution in [-0.4, -0.2) is 14.9 Å². The van der Waals surface area contributed by atoms with Crippen LogP contribution in [0.3, 0.4) is 0 Å². The van der Waals surface area contributed by atoms with Crippen molar-refractivity contribution in [3.05, 3.63) is 24.2 Å². The first-order valence-corrected chi connectivity index (χ1v) is 8.91. The lowest BCUT2D eigenvalue weighted by atomic mass is 10.2. The molecule has 16 heavy (non-hydrogen) atoms. The maximum Gasteiger partial charge on any atom is 0.250 e. The minimum atomic E-state index is -1.71. The van der Waals surface area contributed by atoms with Gasteiger partial charge in [-0.3, -0.25) is 0 Å². The van der Waals surface area contributed by atoms with Crippen LogP contribution < -0.4 is 0 Å². The Kier molecular flexibility index (Phi) is 4.25. The van der Waals surface area contributed by atoms with Gasteiger partial charge in [-0.2, -0.15) is 0 Å². The summed E-state index contributed by atoms with van der Waals surface area (Å²) in [5.41, 5.74) is 0. The van der Waals surface area contributed by atoms with Crippen molar-refractivity contribution in [3.63, 3.8) is 0 Å². The molecule has 0 aromatic heterocycles. The van der Waals surface area contributed by atoms with E-state index in [1.807, 2.05) is 6.08 Å². The van der Waals surface area contributed by atoms with Gasteiger partial charge >= 0.3 is 0 Å². The molecule has 1 aliphatic rings. The van der Waals surface area contributed by atoms with Crippen molar-refractivity contribution in [1.82, 2.24) is 0 Å². The molecule has 0 aromatic rings. The number of ether oxygens (including phenoxy) is 1. The Hall–Kier alpha value is -0.703. The van der Waals surface area contributed by atoms with Crippen LogP contribution >= 0.6 is 0 Å². The van der Waals surface area contributed by atoms with Crippen molar-refractivity contribution in [2.24, 2.45) is 0 Å². The lowest BCUT2D eigenvalue weighted by molar-refractivity contribution is 0.241. The third-order valence-corrected chi connectivity index (χ3v) is 7.68. The van der Waals surface area contributed by atoms with Gasteiger partial charge in [-0.05, 0) is 37.0 Å². The zero-order valence-corrected chi connectivity index (χ0v) is 12.2. The van der Waals surface area contributed by atoms with E-state index >= 15 is 0 Å². The van der Waals surface area contributed by atoms with Gasteiger partial charge in [0, 0.05) is 6.08 Å². The fraction of sp³-hybridized carbons (Fsp3) is 0.692. The summed E-state index contributed by atoms with van der Waals surface area (Å²) in [7, 11) is -1.71. The number of hydrogen-bond donors (Lipinski definition) is 0. The molecule has 0 fully saturated rings. The number of rotatable bonds is 2. The van der Waals surface area contributed by atoms with Gasteiger partial charge in [0.1, 0.15) is 5.76 Å². The minimum Gasteiger partial charge on any atom is -0.544 e. The van der Waals surface area contributed by atoms with Crippen LogP contribution in [0.2, 0.25) is 18.1 Å². The van der Waals surface area contributed by atoms with Crippen molar-refractivity contribution in [2.75, 3.05) is 6.61 Å². The molecule has 0 bridgehead atoms. The normalized spacial score (nSPS) is 23.4. The molecule has 1 aliphatic heterocycles. The molecule has 0 saturated heterocycles. The Morgan fingerprint density at radius 1 is 1.31 bits per heavy atom. The molecule has 3 heteroatoms. The Morgan fingerprint density at radius 3 is 2.62 bits per heavy atom. The van der Waals surface area contributed by atoms with Crippen LogP contribution in [0.25, 0.3) is 0 Å². The van der Waals surface area contributed by atoms with Crippen LogP contribution in [0.15, 0.2) is 24.2 Å². The van der Waals surface area contributed by atoms with E-state index in [4.69, 9.17) is 9.16 Å². The number of allylic oxidation sites excluding steroid dienone is 2. The van der Waals surface area contributed by atoms with Crippen molar-refractivity contribution < 1.29 is 9.16 Å². The molecule has 0 saturated carbocycles. The Morgan fingerprint density at radius 2 is 2.00 bits per heavy atom. The summed E-state index contributed by atoms with van der Waals surface area (Å²) < 4.78 is 11.5. The first kappa shape index (κ1) is 13.4. The van der Waals surface area contributed by atoms with Gasteiger partial charge < -0.3 is 9.16 Å². The van der Waals surface area contributed by atoms with Gasteiger partial charge in [-0.25, -0.2) is 0 Å². The Labute approximate surface area is 100 Å². The maximum absolute atomic E-state index is 6.21. The summed E-state index contributed by atoms with van der Waals surface area (Å²) in [6, 6.07) is 0. The molecule has 1 rings (SSSR count). The van der Waals surface area contributed by atoms with Crippen LogP contribution in [0.1, 0.15) is 33.6 Å². The van der Waals surface area contributed by atoms with Gasteiger partial charge in [-0.1, -0.05) is 20.8 Å². The number of hydrogen-bond acceptors (Lipinski definition) is 2. The van der Waals surface area contributed by atoms with E-state index in [0.717, 1.165) is 25.2 Å². The average Bonchev–Trinajstić information content (AvgIpc) is 2.07. The molecule has 92 valence electrons. The first-order valence-electron chi connectivity index (χ1n) is 6.00. The molecule has 2 nitrogen and oxygen atoms in total. The summed E-state index contributed by atoms with van der Waals surface area (Å²) in [5.74, 6) is 0.978. The third-order valence-electron chi connectivity index (χ3n) is 3.32. The van der Waals surface area contributed by atoms with Crippen molar-refractivity contribution in [2.45, 2.75) is 51.7 Å². The van der Waals surface area contributed by atoms with Crippen LogP contribution in [-0.2, 0) is 9.16 Å². The molecule has 1 heterocycles. The zero-order chi connectivity index (χ0) is 12.2. The van der Waals surface area contributed by atoms with Crippen LogP contribution in [0, 0.1) is 0 Å². The molecule has 0 unspecified atom stereocenters. The van der Waals surface area contributed by atoms with E-state index in [0.29, 0.717) is 0 Å². The lowest BCUT2D eigenvalue weighted by Gasteiger charge is -2.36. The van der Waals surface area contributed by atoms with Crippen LogP contribution in [0.5, 0.6) is 0 Å². The van der Waals surface area contributed by atoms with Gasteiger partial charge in [0.05, 0.1) is 12.9 Å². The summed E-state index contributed by atoms with van der Waals surface area (Å²) >= 11 is 0. The zero-order valence-electron chi connectivity index (χ0n) is 11.2. The van der Waals surface area contributed by atoms with Crippen molar-refractivity contribution in [1.29, 1.82) is 0 Å². The Bertz CT molecular complexity index is 285. The molecule has 0 spiro atoms. The lowest BCUT2D eigenvalue weighted by Crippen LogP contribution is -2.40. The van der Waals surface area contributed by atoms with Crippen LogP contribution in [0.4, 0.5) is 0 Å². The predicted molar refractivity (Wildman–Crippen MR) is 70.7 cm³/mol. The summed E-state index contributed by atoms with van der Waals surface area (Å²) in [5, 5.41) is 0.241. The highest BCUT2D eigenvalue weighted by molar-refractivity contribution is 6.74. The molecule has 0 aliphatic carbocycles. The fourth-order valence-electron chi connectivity index (χ4n) is 1.19. The predicted octanol–water partition coefficient (Wildman–Crippen LogP) is 4.22. The smallest absolute Gasteiger partial charge is 0.250 e. The molecule has 0 N–H and O–H groups in total. The quantitative estimate of drug-likeness (QED) is 0.673. The van der Waals surface area contributed by atoms with Crippen molar-refractivity contribution in [3.8, 4) is 0 Å². The van der Waals surface area contributed by atoms with E-state index in [-0.39, 0.29) is 5.04 Å². The van der Waals surface area contributed by atoms with E-state index in [1.54, 1.807) is 6.26 Å². The SMILES string of the molecule is CC(C)(C)[Si](C)(C)OC1=C/CCCO/C=C\1. The fourth-order valence-corrected chi connectivity index (χ4v) is 2.23. The topological polar surface area (TPSA) is 18.5 Å². The molecule has 0 aromatic carbocycles. The molecular formula is C13H24O2Si. The second-order valence-electron chi connectivity index (χ2n) is 5.78. The monoisotopic (exact) mass is 240 g/mol. The van der Waals surface area contributed by atoms with E-state index in [1.165, 1.54) is 0 Å². The highest BCUT2D eigenvalue weighted by Gasteiger charge is 2.39. The minimum absolute atomic E-state index is 0.241. The largest absolute Gasteiger partial charge is 0.544 e. The van der Waals surface area contributed by atoms with Gasteiger partial charge in [0.2, 0.25) is 8.32 Å². The van der Waals surface area contributed by atoms with Gasteiger partial charge in [-0.15, -0.1) is 0 Å². The molecule has 0 amide bonds. The summed E-state index contributed by atoms with van der Waals surface area (Å²) in [6.45, 7) is 12.1. The second kappa shape index (κ2) is 5.08. The van der Waals surface area contributed by atoms with E-state index in [2.05, 4.69) is 39.9 Å². The second-order valence-corrected chi connectivity index (χ2v) is 10.5. The van der Waals surface area contributed by atoms with Gasteiger partial charge in [0.15, 0.2) is 0 Å².